The lowest BCUT2D eigenvalue weighted by atomic mass is 10.0. The smallest absolute Gasteiger partial charge is 0.253 e. The van der Waals surface area contributed by atoms with Gasteiger partial charge in [0.05, 0.1) is 20.3 Å². The van der Waals surface area contributed by atoms with Crippen LogP contribution in [0.2, 0.25) is 0 Å². The van der Waals surface area contributed by atoms with E-state index >= 15 is 0 Å². The number of ether oxygens (including phenoxy) is 2. The number of para-hydroxylation sites is 1. The Balaban J connectivity index is 1.77. The van der Waals surface area contributed by atoms with Gasteiger partial charge in [0.1, 0.15) is 22.5 Å². The van der Waals surface area contributed by atoms with E-state index in [1.807, 2.05) is 49.4 Å². The fraction of sp³-hybridized carbons (Fsp3) is 0.345. The highest BCUT2D eigenvalue weighted by Crippen LogP contribution is 2.38. The summed E-state index contributed by atoms with van der Waals surface area (Å²) in [4.78, 5) is 14.7. The highest BCUT2D eigenvalue weighted by atomic mass is 32.2. The molecule has 4 rings (SSSR count). The second-order valence-electron chi connectivity index (χ2n) is 9.65. The number of carbonyl (C=O) groups excluding carboxylic acids is 1. The van der Waals surface area contributed by atoms with Crippen molar-refractivity contribution in [2.75, 3.05) is 33.9 Å². The highest BCUT2D eigenvalue weighted by Gasteiger charge is 2.38. The molecule has 0 unspecified atom stereocenters. The average Bonchev–Trinajstić information content (AvgIpc) is 2.94. The lowest BCUT2D eigenvalue weighted by molar-refractivity contribution is 0.0564. The zero-order chi connectivity index (χ0) is 27.4. The van der Waals surface area contributed by atoms with Crippen molar-refractivity contribution in [2.24, 2.45) is 5.92 Å². The number of benzene rings is 3. The van der Waals surface area contributed by atoms with Crippen LogP contribution in [0.4, 0.5) is 0 Å². The number of amides is 1. The van der Waals surface area contributed by atoms with E-state index in [9.17, 15) is 18.3 Å². The van der Waals surface area contributed by atoms with E-state index in [1.165, 1.54) is 10.4 Å². The molecule has 1 heterocycles. The van der Waals surface area contributed by atoms with E-state index in [0.29, 0.717) is 11.3 Å². The summed E-state index contributed by atoms with van der Waals surface area (Å²) >= 11 is 0. The minimum Gasteiger partial charge on any atom is -0.496 e. The Kier molecular flexibility index (Phi) is 8.40. The van der Waals surface area contributed by atoms with E-state index in [-0.39, 0.29) is 42.2 Å². The summed E-state index contributed by atoms with van der Waals surface area (Å²) < 4.78 is 40.8. The summed E-state index contributed by atoms with van der Waals surface area (Å²) in [5, 5.41) is 9.87. The van der Waals surface area contributed by atoms with Crippen LogP contribution in [0.1, 0.15) is 24.2 Å². The molecule has 1 N–H and O–H groups in total. The minimum absolute atomic E-state index is 0.0189. The van der Waals surface area contributed by atoms with Crippen molar-refractivity contribution in [3.63, 3.8) is 0 Å². The van der Waals surface area contributed by atoms with Crippen LogP contribution in [0.25, 0.3) is 11.1 Å². The zero-order valence-electron chi connectivity index (χ0n) is 22.1. The molecule has 202 valence electrons. The quantitative estimate of drug-likeness (QED) is 0.490. The first kappa shape index (κ1) is 27.6. The van der Waals surface area contributed by atoms with Crippen LogP contribution in [-0.4, -0.2) is 74.6 Å². The standard InChI is InChI=1S/C29H34N2O6S/c1-20-17-31(21(2)19-32)38(34,35)28-15-14-23(24-12-8-9-13-25(24)36-4)16-26(28)37-27(20)18-30(3)29(33)22-10-6-5-7-11-22/h5-16,20-21,27,32H,17-19H2,1-4H3/t20-,21-,27+/m1/s1. The summed E-state index contributed by atoms with van der Waals surface area (Å²) in [5.41, 5.74) is 2.09. The minimum atomic E-state index is -3.98. The molecule has 0 bridgehead atoms. The Morgan fingerprint density at radius 2 is 1.82 bits per heavy atom. The van der Waals surface area contributed by atoms with Crippen molar-refractivity contribution >= 4 is 15.9 Å². The third-order valence-corrected chi connectivity index (χ3v) is 8.93. The number of fused-ring (bicyclic) bond motifs is 1. The molecule has 3 aromatic carbocycles. The van der Waals surface area contributed by atoms with Crippen LogP contribution in [-0.2, 0) is 10.0 Å². The summed E-state index contributed by atoms with van der Waals surface area (Å²) in [6.07, 6.45) is -0.511. The monoisotopic (exact) mass is 538 g/mol. The van der Waals surface area contributed by atoms with Gasteiger partial charge in [-0.05, 0) is 42.8 Å². The molecule has 1 amide bonds. The number of sulfonamides is 1. The summed E-state index contributed by atoms with van der Waals surface area (Å²) in [7, 11) is -0.684. The number of rotatable bonds is 7. The summed E-state index contributed by atoms with van der Waals surface area (Å²) in [6.45, 7) is 3.63. The number of likely N-dealkylation sites (N-methyl/N-ethyl adjacent to an activating group) is 1. The third-order valence-electron chi connectivity index (χ3n) is 6.91. The van der Waals surface area contributed by atoms with Crippen LogP contribution in [0.15, 0.2) is 77.7 Å². The molecule has 0 saturated heterocycles. The van der Waals surface area contributed by atoms with Crippen LogP contribution >= 0.6 is 0 Å². The van der Waals surface area contributed by atoms with Gasteiger partial charge in [-0.25, -0.2) is 8.42 Å². The Bertz CT molecular complexity index is 1380. The van der Waals surface area contributed by atoms with Crippen LogP contribution in [0, 0.1) is 5.92 Å². The van der Waals surface area contributed by atoms with Crippen LogP contribution < -0.4 is 9.47 Å². The molecule has 1 aliphatic rings. The van der Waals surface area contributed by atoms with E-state index in [1.54, 1.807) is 50.2 Å². The molecule has 0 fully saturated rings. The predicted octanol–water partition coefficient (Wildman–Crippen LogP) is 3.90. The first-order valence-electron chi connectivity index (χ1n) is 12.5. The molecular weight excluding hydrogens is 504 g/mol. The summed E-state index contributed by atoms with van der Waals surface area (Å²) in [6, 6.07) is 20.8. The molecule has 0 radical (unpaired) electrons. The average molecular weight is 539 g/mol. The second kappa shape index (κ2) is 11.6. The van der Waals surface area contributed by atoms with Gasteiger partial charge in [0.15, 0.2) is 0 Å². The lowest BCUT2D eigenvalue weighted by Gasteiger charge is -2.37. The van der Waals surface area contributed by atoms with Gasteiger partial charge in [0.2, 0.25) is 10.0 Å². The van der Waals surface area contributed by atoms with Crippen molar-refractivity contribution in [3.8, 4) is 22.6 Å². The van der Waals surface area contributed by atoms with Gasteiger partial charge in [-0.2, -0.15) is 4.31 Å². The molecule has 0 saturated carbocycles. The van der Waals surface area contributed by atoms with E-state index in [4.69, 9.17) is 9.47 Å². The van der Waals surface area contributed by atoms with E-state index in [0.717, 1.165) is 11.1 Å². The lowest BCUT2D eigenvalue weighted by Crippen LogP contribution is -2.50. The number of aliphatic hydroxyl groups excluding tert-OH is 1. The number of hydrogen-bond donors (Lipinski definition) is 1. The Morgan fingerprint density at radius 1 is 1.13 bits per heavy atom. The highest BCUT2D eigenvalue weighted by molar-refractivity contribution is 7.89. The largest absolute Gasteiger partial charge is 0.496 e. The van der Waals surface area contributed by atoms with Gasteiger partial charge >= 0.3 is 0 Å². The first-order chi connectivity index (χ1) is 18.2. The van der Waals surface area contributed by atoms with Gasteiger partial charge in [-0.15, -0.1) is 0 Å². The summed E-state index contributed by atoms with van der Waals surface area (Å²) in [5.74, 6) is 0.406. The van der Waals surface area contributed by atoms with Crippen molar-refractivity contribution in [1.82, 2.24) is 9.21 Å². The molecule has 3 aromatic rings. The van der Waals surface area contributed by atoms with Gasteiger partial charge < -0.3 is 19.5 Å². The van der Waals surface area contributed by atoms with Gasteiger partial charge in [0, 0.05) is 36.7 Å². The molecule has 0 spiro atoms. The van der Waals surface area contributed by atoms with Crippen molar-refractivity contribution in [3.05, 3.63) is 78.4 Å². The van der Waals surface area contributed by atoms with E-state index in [2.05, 4.69) is 0 Å². The Morgan fingerprint density at radius 3 is 2.50 bits per heavy atom. The van der Waals surface area contributed by atoms with Crippen molar-refractivity contribution in [2.45, 2.75) is 30.9 Å². The van der Waals surface area contributed by atoms with E-state index < -0.39 is 22.2 Å². The number of carbonyl (C=O) groups is 1. The maximum Gasteiger partial charge on any atom is 0.253 e. The van der Waals surface area contributed by atoms with Crippen LogP contribution in [0.5, 0.6) is 11.5 Å². The van der Waals surface area contributed by atoms with Crippen molar-refractivity contribution < 1.29 is 27.8 Å². The third kappa shape index (κ3) is 5.55. The Hall–Kier alpha value is -3.40. The van der Waals surface area contributed by atoms with Crippen LogP contribution in [0.3, 0.4) is 0 Å². The van der Waals surface area contributed by atoms with Crippen molar-refractivity contribution in [1.29, 1.82) is 0 Å². The number of methoxy groups -OCH3 is 1. The number of nitrogens with zero attached hydrogens (tertiary/aromatic N) is 2. The maximum absolute atomic E-state index is 13.8. The van der Waals surface area contributed by atoms with Gasteiger partial charge in [-0.1, -0.05) is 49.4 Å². The fourth-order valence-corrected chi connectivity index (χ4v) is 6.47. The maximum atomic E-state index is 13.8. The molecule has 9 heteroatoms. The number of aliphatic hydroxyl groups is 1. The fourth-order valence-electron chi connectivity index (χ4n) is 4.65. The zero-order valence-corrected chi connectivity index (χ0v) is 22.9. The molecular formula is C29H34N2O6S. The Labute approximate surface area is 224 Å². The molecule has 0 aliphatic carbocycles. The molecule has 8 nitrogen and oxygen atoms in total. The molecule has 3 atom stereocenters. The molecule has 38 heavy (non-hydrogen) atoms. The molecule has 0 aromatic heterocycles. The predicted molar refractivity (Wildman–Crippen MR) is 146 cm³/mol. The molecule has 1 aliphatic heterocycles. The second-order valence-corrected chi connectivity index (χ2v) is 11.5. The number of hydrogen-bond acceptors (Lipinski definition) is 6. The first-order valence-corrected chi connectivity index (χ1v) is 14.0. The normalized spacial score (nSPS) is 19.8. The van der Waals surface area contributed by atoms with Gasteiger partial charge in [-0.3, -0.25) is 4.79 Å². The SMILES string of the molecule is COc1ccccc1-c1ccc2c(c1)O[C@@H](CN(C)C(=O)c1ccccc1)[C@H](C)CN([C@H](C)CO)S2(=O)=O. The topological polar surface area (TPSA) is 96.4 Å². The van der Waals surface area contributed by atoms with Gasteiger partial charge in [0.25, 0.3) is 5.91 Å².